The largest absolute Gasteiger partial charge is 0.390 e. The average Bonchev–Trinajstić information content (AvgIpc) is 3.25. The van der Waals surface area contributed by atoms with E-state index in [0.717, 1.165) is 31.9 Å². The highest BCUT2D eigenvalue weighted by molar-refractivity contribution is 7.90. The highest BCUT2D eigenvalue weighted by atomic mass is 32.2. The van der Waals surface area contributed by atoms with Crippen molar-refractivity contribution in [1.29, 1.82) is 0 Å². The Balaban J connectivity index is 1.73. The number of hydrogen-bond acceptors (Lipinski definition) is 4. The van der Waals surface area contributed by atoms with E-state index >= 15 is 0 Å². The molecule has 22 heavy (non-hydrogen) atoms. The van der Waals surface area contributed by atoms with Gasteiger partial charge in [-0.25, -0.2) is 8.42 Å². The van der Waals surface area contributed by atoms with Crippen LogP contribution in [0.15, 0.2) is 29.2 Å². The van der Waals surface area contributed by atoms with Crippen LogP contribution in [0.25, 0.3) is 0 Å². The average molecular weight is 323 g/mol. The molecular weight excluding hydrogens is 302 g/mol. The lowest BCUT2D eigenvalue weighted by Gasteiger charge is -2.35. The molecule has 1 heterocycles. The molecule has 1 aromatic rings. The Morgan fingerprint density at radius 2 is 1.91 bits per heavy atom. The van der Waals surface area contributed by atoms with Crippen molar-refractivity contribution in [3.8, 4) is 0 Å². The number of benzene rings is 1. The van der Waals surface area contributed by atoms with E-state index in [1.807, 2.05) is 0 Å². The molecule has 1 unspecified atom stereocenters. The number of carbonyl (C=O) groups excluding carboxylic acids is 1. The monoisotopic (exact) mass is 323 g/mol. The van der Waals surface area contributed by atoms with Crippen molar-refractivity contribution in [3.63, 3.8) is 0 Å². The minimum absolute atomic E-state index is 0.0889. The van der Waals surface area contributed by atoms with Gasteiger partial charge in [0.2, 0.25) is 0 Å². The molecule has 3 rings (SSSR count). The van der Waals surface area contributed by atoms with E-state index in [0.29, 0.717) is 18.7 Å². The number of aliphatic hydroxyl groups is 1. The molecule has 1 aromatic carbocycles. The second-order valence-electron chi connectivity index (χ2n) is 6.49. The van der Waals surface area contributed by atoms with E-state index in [1.165, 1.54) is 12.1 Å². The van der Waals surface area contributed by atoms with Crippen molar-refractivity contribution in [2.75, 3.05) is 19.3 Å². The maximum Gasteiger partial charge on any atom is 0.253 e. The number of carbonyl (C=O) groups is 1. The fourth-order valence-electron chi connectivity index (χ4n) is 3.16. The second kappa shape index (κ2) is 5.35. The Morgan fingerprint density at radius 3 is 2.45 bits per heavy atom. The Hall–Kier alpha value is -1.40. The summed E-state index contributed by atoms with van der Waals surface area (Å²) in [5.41, 5.74) is -0.0603. The maximum absolute atomic E-state index is 12.5. The second-order valence-corrected chi connectivity index (χ2v) is 8.51. The first-order valence-corrected chi connectivity index (χ1v) is 9.50. The number of hydrogen-bond donors (Lipinski definition) is 1. The van der Waals surface area contributed by atoms with E-state index in [-0.39, 0.29) is 16.7 Å². The molecule has 5 nitrogen and oxygen atoms in total. The summed E-state index contributed by atoms with van der Waals surface area (Å²) in [5.74, 6) is 0.0782. The number of sulfone groups is 1. The van der Waals surface area contributed by atoms with Crippen molar-refractivity contribution in [2.45, 2.75) is 36.2 Å². The Morgan fingerprint density at radius 1 is 1.27 bits per heavy atom. The van der Waals surface area contributed by atoms with Gasteiger partial charge in [0.25, 0.3) is 5.91 Å². The summed E-state index contributed by atoms with van der Waals surface area (Å²) in [5, 5.41) is 10.2. The van der Waals surface area contributed by atoms with Crippen LogP contribution in [0.2, 0.25) is 0 Å². The van der Waals surface area contributed by atoms with Crippen LogP contribution in [0.5, 0.6) is 0 Å². The van der Waals surface area contributed by atoms with Gasteiger partial charge in [0.1, 0.15) is 0 Å². The first kappa shape index (κ1) is 15.5. The first-order chi connectivity index (χ1) is 10.3. The Labute approximate surface area is 130 Å². The Bertz CT molecular complexity index is 677. The summed E-state index contributed by atoms with van der Waals surface area (Å²) in [6.45, 7) is 1.28. The standard InChI is InChI=1S/C16H21NO4S/c1-22(20,21)14-6-4-12(5-7-14)15(18)17-10-2-3-13(11-17)16(19)8-9-16/h4-7,13,19H,2-3,8-11H2,1H3. The number of piperidine rings is 1. The van der Waals surface area contributed by atoms with Crippen LogP contribution in [0, 0.1) is 5.92 Å². The SMILES string of the molecule is CS(=O)(=O)c1ccc(C(=O)N2CCCC(C3(O)CC3)C2)cc1. The van der Waals surface area contributed by atoms with Gasteiger partial charge in [-0.05, 0) is 49.9 Å². The van der Waals surface area contributed by atoms with Gasteiger partial charge >= 0.3 is 0 Å². The van der Waals surface area contributed by atoms with Crippen molar-refractivity contribution < 1.29 is 18.3 Å². The zero-order valence-corrected chi connectivity index (χ0v) is 13.5. The molecule has 0 radical (unpaired) electrons. The molecule has 1 aliphatic carbocycles. The lowest BCUT2D eigenvalue weighted by Crippen LogP contribution is -2.44. The van der Waals surface area contributed by atoms with Gasteiger partial charge in [0.05, 0.1) is 10.5 Å². The summed E-state index contributed by atoms with van der Waals surface area (Å²) < 4.78 is 22.9. The van der Waals surface area contributed by atoms with Gasteiger partial charge in [0, 0.05) is 30.8 Å². The minimum atomic E-state index is -3.25. The maximum atomic E-state index is 12.5. The van der Waals surface area contributed by atoms with E-state index < -0.39 is 15.4 Å². The van der Waals surface area contributed by atoms with E-state index in [2.05, 4.69) is 0 Å². The lowest BCUT2D eigenvalue weighted by atomic mass is 9.90. The van der Waals surface area contributed by atoms with Gasteiger partial charge in [0.15, 0.2) is 9.84 Å². The number of amides is 1. The normalized spacial score (nSPS) is 24.1. The summed E-state index contributed by atoms with van der Waals surface area (Å²) >= 11 is 0. The van der Waals surface area contributed by atoms with Gasteiger partial charge in [-0.2, -0.15) is 0 Å². The summed E-state index contributed by atoms with van der Waals surface area (Å²) in [6, 6.07) is 6.07. The zero-order valence-electron chi connectivity index (χ0n) is 12.7. The van der Waals surface area contributed by atoms with Crippen LogP contribution in [-0.4, -0.2) is 49.3 Å². The molecule has 0 aromatic heterocycles. The molecule has 1 amide bonds. The van der Waals surface area contributed by atoms with Crippen LogP contribution >= 0.6 is 0 Å². The zero-order chi connectivity index (χ0) is 16.0. The topological polar surface area (TPSA) is 74.7 Å². The molecule has 1 N–H and O–H groups in total. The van der Waals surface area contributed by atoms with Crippen LogP contribution in [0.3, 0.4) is 0 Å². The quantitative estimate of drug-likeness (QED) is 0.914. The third-order valence-electron chi connectivity index (χ3n) is 4.76. The van der Waals surface area contributed by atoms with E-state index in [9.17, 15) is 18.3 Å². The fourth-order valence-corrected chi connectivity index (χ4v) is 3.79. The Kier molecular flexibility index (Phi) is 3.77. The van der Waals surface area contributed by atoms with E-state index in [4.69, 9.17) is 0 Å². The molecule has 1 aliphatic heterocycles. The van der Waals surface area contributed by atoms with Crippen molar-refractivity contribution in [1.82, 2.24) is 4.90 Å². The molecule has 2 fully saturated rings. The van der Waals surface area contributed by atoms with Crippen molar-refractivity contribution >= 4 is 15.7 Å². The van der Waals surface area contributed by atoms with Gasteiger partial charge < -0.3 is 10.0 Å². The van der Waals surface area contributed by atoms with Gasteiger partial charge in [-0.15, -0.1) is 0 Å². The van der Waals surface area contributed by atoms with Crippen molar-refractivity contribution in [2.24, 2.45) is 5.92 Å². The van der Waals surface area contributed by atoms with Gasteiger partial charge in [-0.1, -0.05) is 0 Å². The predicted molar refractivity (Wildman–Crippen MR) is 82.4 cm³/mol. The number of rotatable bonds is 3. The fraction of sp³-hybridized carbons (Fsp3) is 0.562. The lowest BCUT2D eigenvalue weighted by molar-refractivity contribution is 0.0282. The predicted octanol–water partition coefficient (Wildman–Crippen LogP) is 1.47. The summed E-state index contributed by atoms with van der Waals surface area (Å²) in [4.78, 5) is 14.5. The molecule has 2 aliphatic rings. The van der Waals surface area contributed by atoms with Crippen LogP contribution in [0.4, 0.5) is 0 Å². The van der Waals surface area contributed by atoms with Crippen LogP contribution in [0.1, 0.15) is 36.0 Å². The van der Waals surface area contributed by atoms with Crippen molar-refractivity contribution in [3.05, 3.63) is 29.8 Å². The highest BCUT2D eigenvalue weighted by Gasteiger charge is 2.49. The number of nitrogens with zero attached hydrogens (tertiary/aromatic N) is 1. The minimum Gasteiger partial charge on any atom is -0.390 e. The molecule has 1 atom stereocenters. The summed E-state index contributed by atoms with van der Waals surface area (Å²) in [7, 11) is -3.25. The molecule has 120 valence electrons. The highest BCUT2D eigenvalue weighted by Crippen LogP contribution is 2.45. The first-order valence-electron chi connectivity index (χ1n) is 7.61. The number of likely N-dealkylation sites (tertiary alicyclic amines) is 1. The smallest absolute Gasteiger partial charge is 0.253 e. The van der Waals surface area contributed by atoms with Crippen LogP contribution < -0.4 is 0 Å². The molecule has 6 heteroatoms. The third kappa shape index (κ3) is 3.03. The molecular formula is C16H21NO4S. The van der Waals surface area contributed by atoms with E-state index in [1.54, 1.807) is 17.0 Å². The van der Waals surface area contributed by atoms with Crippen LogP contribution in [-0.2, 0) is 9.84 Å². The molecule has 1 saturated heterocycles. The summed E-state index contributed by atoms with van der Waals surface area (Å²) in [6.07, 6.45) is 4.69. The molecule has 0 bridgehead atoms. The van der Waals surface area contributed by atoms with Gasteiger partial charge in [-0.3, -0.25) is 4.79 Å². The molecule has 0 spiro atoms. The third-order valence-corrected chi connectivity index (χ3v) is 5.89. The molecule has 1 saturated carbocycles.